The number of amides is 1. The minimum atomic E-state index is -0.0231. The maximum atomic E-state index is 12.1. The number of aryl methyl sites for hydroxylation is 1. The van der Waals surface area contributed by atoms with Crippen LogP contribution in [0.2, 0.25) is 0 Å². The second-order valence-corrected chi connectivity index (χ2v) is 7.12. The molecule has 2 fully saturated rings. The second kappa shape index (κ2) is 8.87. The van der Waals surface area contributed by atoms with E-state index in [9.17, 15) is 4.79 Å². The lowest BCUT2D eigenvalue weighted by Crippen LogP contribution is -2.44. The van der Waals surface area contributed by atoms with Crippen LogP contribution in [0.25, 0.3) is 0 Å². The number of carbonyl (C=O) groups excluding carboxylic acids is 1. The Morgan fingerprint density at radius 3 is 2.60 bits per heavy atom. The van der Waals surface area contributed by atoms with Crippen LogP contribution < -0.4 is 10.6 Å². The average molecular weight is 456 g/mol. The number of halogens is 1. The number of guanidine groups is 1. The van der Waals surface area contributed by atoms with Gasteiger partial charge >= 0.3 is 0 Å². The number of nitrogens with zero attached hydrogens (tertiary/aromatic N) is 2. The molecule has 0 atom stereocenters. The number of rotatable bonds is 4. The average Bonchev–Trinajstić information content (AvgIpc) is 3.00. The number of likely N-dealkylation sites (tertiary alicyclic amines) is 1. The van der Waals surface area contributed by atoms with E-state index in [0.717, 1.165) is 24.6 Å². The smallest absolute Gasteiger partial charge is 0.251 e. The third-order valence-electron chi connectivity index (χ3n) is 5.34. The zero-order valence-electron chi connectivity index (χ0n) is 15.2. The van der Waals surface area contributed by atoms with Gasteiger partial charge in [0.15, 0.2) is 5.96 Å². The molecule has 6 heteroatoms. The molecule has 1 saturated heterocycles. The summed E-state index contributed by atoms with van der Waals surface area (Å²) in [6.45, 7) is 5.49. The lowest BCUT2D eigenvalue weighted by Gasteiger charge is -2.38. The van der Waals surface area contributed by atoms with E-state index in [2.05, 4.69) is 20.5 Å². The van der Waals surface area contributed by atoms with Crippen molar-refractivity contribution < 1.29 is 4.79 Å². The molecule has 1 heterocycles. The standard InChI is InChI=1S/C19H28N4O.HI/c1-15-5-3-6-16(13-15)17(24)21-10-11-22-18(20-2)23-12-9-19(14-23)7-4-8-19;/h3,5-6,13H,4,7-12,14H2,1-2H3,(H,20,22)(H,21,24);1H. The molecule has 1 spiro atoms. The summed E-state index contributed by atoms with van der Waals surface area (Å²) in [5, 5.41) is 6.34. The van der Waals surface area contributed by atoms with Gasteiger partial charge in [0.25, 0.3) is 5.91 Å². The second-order valence-electron chi connectivity index (χ2n) is 7.12. The predicted octanol–water partition coefficient (Wildman–Crippen LogP) is 2.79. The van der Waals surface area contributed by atoms with Gasteiger partial charge in [0.2, 0.25) is 0 Å². The molecule has 5 nitrogen and oxygen atoms in total. The number of benzene rings is 1. The molecule has 25 heavy (non-hydrogen) atoms. The Labute approximate surface area is 167 Å². The summed E-state index contributed by atoms with van der Waals surface area (Å²) in [4.78, 5) is 18.9. The van der Waals surface area contributed by atoms with Crippen molar-refractivity contribution in [2.24, 2.45) is 10.4 Å². The molecule has 0 aromatic heterocycles. The van der Waals surface area contributed by atoms with Crippen molar-refractivity contribution in [3.05, 3.63) is 35.4 Å². The van der Waals surface area contributed by atoms with E-state index in [1.54, 1.807) is 0 Å². The highest BCUT2D eigenvalue weighted by molar-refractivity contribution is 14.0. The highest BCUT2D eigenvalue weighted by Crippen LogP contribution is 2.47. The molecule has 1 aromatic carbocycles. The molecule has 1 aromatic rings. The van der Waals surface area contributed by atoms with Crippen molar-refractivity contribution in [1.82, 2.24) is 15.5 Å². The van der Waals surface area contributed by atoms with Crippen LogP contribution in [0.1, 0.15) is 41.6 Å². The van der Waals surface area contributed by atoms with E-state index >= 15 is 0 Å². The molecule has 2 N–H and O–H groups in total. The Hall–Kier alpha value is -1.31. The van der Waals surface area contributed by atoms with Gasteiger partial charge in [-0.2, -0.15) is 0 Å². The third-order valence-corrected chi connectivity index (χ3v) is 5.34. The van der Waals surface area contributed by atoms with Gasteiger partial charge in [0.1, 0.15) is 0 Å². The van der Waals surface area contributed by atoms with E-state index in [0.29, 0.717) is 24.1 Å². The summed E-state index contributed by atoms with van der Waals surface area (Å²) < 4.78 is 0. The maximum Gasteiger partial charge on any atom is 0.251 e. The van der Waals surface area contributed by atoms with Crippen LogP contribution in [0.5, 0.6) is 0 Å². The highest BCUT2D eigenvalue weighted by atomic mass is 127. The Bertz CT molecular complexity index is 628. The van der Waals surface area contributed by atoms with Crippen LogP contribution in [-0.2, 0) is 0 Å². The zero-order chi connectivity index (χ0) is 17.0. The molecule has 0 unspecified atom stereocenters. The zero-order valence-corrected chi connectivity index (χ0v) is 17.5. The highest BCUT2D eigenvalue weighted by Gasteiger charge is 2.43. The topological polar surface area (TPSA) is 56.7 Å². The van der Waals surface area contributed by atoms with Crippen molar-refractivity contribution in [2.75, 3.05) is 33.2 Å². The number of carbonyl (C=O) groups is 1. The fourth-order valence-electron chi connectivity index (χ4n) is 3.77. The van der Waals surface area contributed by atoms with Gasteiger partial charge in [-0.3, -0.25) is 9.79 Å². The Morgan fingerprint density at radius 1 is 1.24 bits per heavy atom. The minimum absolute atomic E-state index is 0. The molecule has 1 saturated carbocycles. The molecule has 138 valence electrons. The molecule has 1 aliphatic carbocycles. The molecular weight excluding hydrogens is 427 g/mol. The molecule has 0 bridgehead atoms. The summed E-state index contributed by atoms with van der Waals surface area (Å²) in [6, 6.07) is 7.65. The van der Waals surface area contributed by atoms with E-state index < -0.39 is 0 Å². The first-order valence-corrected chi connectivity index (χ1v) is 8.92. The lowest BCUT2D eigenvalue weighted by atomic mass is 9.68. The molecule has 1 amide bonds. The van der Waals surface area contributed by atoms with Gasteiger partial charge < -0.3 is 15.5 Å². The first-order valence-electron chi connectivity index (χ1n) is 8.92. The maximum absolute atomic E-state index is 12.1. The summed E-state index contributed by atoms with van der Waals surface area (Å²) in [7, 11) is 1.83. The van der Waals surface area contributed by atoms with Crippen molar-refractivity contribution in [3.8, 4) is 0 Å². The molecule has 2 aliphatic rings. The quantitative estimate of drug-likeness (QED) is 0.317. The minimum Gasteiger partial charge on any atom is -0.354 e. The van der Waals surface area contributed by atoms with E-state index in [-0.39, 0.29) is 29.9 Å². The van der Waals surface area contributed by atoms with Gasteiger partial charge in [-0.05, 0) is 43.7 Å². The number of hydrogen-bond donors (Lipinski definition) is 2. The van der Waals surface area contributed by atoms with Crippen molar-refractivity contribution in [1.29, 1.82) is 0 Å². The fraction of sp³-hybridized carbons (Fsp3) is 0.579. The van der Waals surface area contributed by atoms with Crippen molar-refractivity contribution in [2.45, 2.75) is 32.6 Å². The van der Waals surface area contributed by atoms with Gasteiger partial charge in [-0.25, -0.2) is 0 Å². The first kappa shape index (κ1) is 20.0. The monoisotopic (exact) mass is 456 g/mol. The Morgan fingerprint density at radius 2 is 2.00 bits per heavy atom. The van der Waals surface area contributed by atoms with Crippen LogP contribution in [0.4, 0.5) is 0 Å². The normalized spacial score (nSPS) is 18.5. The molecular formula is C19H29IN4O. The van der Waals surface area contributed by atoms with Gasteiger partial charge in [0, 0.05) is 38.8 Å². The van der Waals surface area contributed by atoms with Crippen LogP contribution in [0, 0.1) is 12.3 Å². The Kier molecular flexibility index (Phi) is 7.10. The molecule has 1 aliphatic heterocycles. The van der Waals surface area contributed by atoms with Crippen LogP contribution in [-0.4, -0.2) is 50.0 Å². The number of aliphatic imine (C=N–C) groups is 1. The summed E-state index contributed by atoms with van der Waals surface area (Å²) in [6.07, 6.45) is 5.41. The predicted molar refractivity (Wildman–Crippen MR) is 113 cm³/mol. The van der Waals surface area contributed by atoms with Crippen molar-refractivity contribution in [3.63, 3.8) is 0 Å². The van der Waals surface area contributed by atoms with Crippen molar-refractivity contribution >= 4 is 35.8 Å². The lowest BCUT2D eigenvalue weighted by molar-refractivity contribution is 0.0954. The van der Waals surface area contributed by atoms with E-state index in [1.165, 1.54) is 25.7 Å². The van der Waals surface area contributed by atoms with Crippen LogP contribution in [0.3, 0.4) is 0 Å². The van der Waals surface area contributed by atoms with Gasteiger partial charge in [0.05, 0.1) is 0 Å². The summed E-state index contributed by atoms with van der Waals surface area (Å²) in [5.74, 6) is 0.939. The SMILES string of the molecule is CN=C(NCCNC(=O)c1cccc(C)c1)N1CCC2(CCC2)C1.I. The van der Waals surface area contributed by atoms with Gasteiger partial charge in [-0.1, -0.05) is 24.1 Å². The number of hydrogen-bond acceptors (Lipinski definition) is 2. The molecule has 3 rings (SSSR count). The third kappa shape index (κ3) is 4.86. The fourth-order valence-corrected chi connectivity index (χ4v) is 3.77. The summed E-state index contributed by atoms with van der Waals surface area (Å²) >= 11 is 0. The van der Waals surface area contributed by atoms with E-state index in [1.807, 2.05) is 38.2 Å². The van der Waals surface area contributed by atoms with Crippen LogP contribution >= 0.6 is 24.0 Å². The summed E-state index contributed by atoms with van der Waals surface area (Å²) in [5.41, 5.74) is 2.38. The van der Waals surface area contributed by atoms with Crippen LogP contribution in [0.15, 0.2) is 29.3 Å². The van der Waals surface area contributed by atoms with Gasteiger partial charge in [-0.15, -0.1) is 24.0 Å². The first-order chi connectivity index (χ1) is 11.6. The Balaban J connectivity index is 0.00000225. The van der Waals surface area contributed by atoms with E-state index in [4.69, 9.17) is 0 Å². The number of nitrogens with one attached hydrogen (secondary N) is 2. The largest absolute Gasteiger partial charge is 0.354 e. The molecule has 0 radical (unpaired) electrons.